The van der Waals surface area contributed by atoms with Crippen LogP contribution in [0.25, 0.3) is 0 Å². The first-order valence-electron chi connectivity index (χ1n) is 5.91. The van der Waals surface area contributed by atoms with Crippen LogP contribution in [-0.2, 0) is 23.6 Å². The minimum absolute atomic E-state index is 0.0605. The number of hydrogen-bond acceptors (Lipinski definition) is 7. The van der Waals surface area contributed by atoms with E-state index in [4.69, 9.17) is 9.22 Å². The van der Waals surface area contributed by atoms with Gasteiger partial charge in [0, 0.05) is 0 Å². The Labute approximate surface area is 110 Å². The van der Waals surface area contributed by atoms with Crippen LogP contribution in [0.1, 0.15) is 19.8 Å². The summed E-state index contributed by atoms with van der Waals surface area (Å²) < 4.78 is 16.1. The summed E-state index contributed by atoms with van der Waals surface area (Å²) in [6, 6.07) is 0. The third-order valence-electron chi connectivity index (χ3n) is 2.70. The third kappa shape index (κ3) is 3.13. The van der Waals surface area contributed by atoms with Crippen molar-refractivity contribution in [2.75, 3.05) is 19.6 Å². The van der Waals surface area contributed by atoms with Crippen LogP contribution in [0.5, 0.6) is 0 Å². The van der Waals surface area contributed by atoms with E-state index >= 15 is 0 Å². The third-order valence-corrected chi connectivity index (χ3v) is 10.1. The van der Waals surface area contributed by atoms with Crippen molar-refractivity contribution in [2.45, 2.75) is 24.2 Å². The fraction of sp³-hybridized carbons (Fsp3) is 0.700. The van der Waals surface area contributed by atoms with Gasteiger partial charge in [-0.2, -0.15) is 0 Å². The van der Waals surface area contributed by atoms with Crippen molar-refractivity contribution in [3.05, 3.63) is 0 Å². The molecule has 0 unspecified atom stereocenters. The Balaban J connectivity index is 2.26. The van der Waals surface area contributed by atoms with Crippen molar-refractivity contribution in [2.24, 2.45) is 0 Å². The van der Waals surface area contributed by atoms with E-state index in [1.54, 1.807) is 0 Å². The fourth-order valence-electron chi connectivity index (χ4n) is 1.94. The summed E-state index contributed by atoms with van der Waals surface area (Å²) in [5, 5.41) is 0. The fourth-order valence-corrected chi connectivity index (χ4v) is 8.94. The number of rotatable bonds is 3. The van der Waals surface area contributed by atoms with Crippen LogP contribution in [-0.4, -0.2) is 62.1 Å². The maximum absolute atomic E-state index is 11.6. The molecule has 100 valence electrons. The van der Waals surface area contributed by atoms with Gasteiger partial charge in [-0.1, -0.05) is 0 Å². The maximum atomic E-state index is 11.6. The quantitative estimate of drug-likeness (QED) is 0.636. The van der Waals surface area contributed by atoms with Gasteiger partial charge >= 0.3 is 110 Å². The van der Waals surface area contributed by atoms with Crippen molar-refractivity contribution < 1.29 is 23.6 Å². The van der Waals surface area contributed by atoms with E-state index in [1.165, 1.54) is 4.90 Å². The van der Waals surface area contributed by atoms with E-state index in [-0.39, 0.29) is 19.6 Å². The first kappa shape index (κ1) is 13.6. The van der Waals surface area contributed by atoms with Crippen molar-refractivity contribution >= 4 is 37.5 Å². The number of carbonyl (C=O) groups is 3. The molecule has 3 fully saturated rings. The summed E-state index contributed by atoms with van der Waals surface area (Å²) in [7, 11) is 0. The van der Waals surface area contributed by atoms with Gasteiger partial charge in [-0.3, -0.25) is 0 Å². The Morgan fingerprint density at radius 2 is 1.44 bits per heavy atom. The van der Waals surface area contributed by atoms with Crippen molar-refractivity contribution in [3.63, 3.8) is 0 Å². The molecule has 0 saturated carbocycles. The molecule has 0 aliphatic carbocycles. The monoisotopic (exact) mass is 365 g/mol. The van der Waals surface area contributed by atoms with E-state index in [1.807, 2.05) is 6.92 Å². The number of hydrogen-bond donors (Lipinski definition) is 0. The first-order chi connectivity index (χ1) is 8.53. The topological polar surface area (TPSA) is 82.1 Å². The van der Waals surface area contributed by atoms with Gasteiger partial charge in [-0.05, 0) is 0 Å². The number of fused-ring (bicyclic) bond motifs is 6. The molecule has 0 aromatic carbocycles. The van der Waals surface area contributed by atoms with Crippen LogP contribution < -0.4 is 0 Å². The van der Waals surface area contributed by atoms with Crippen molar-refractivity contribution in [1.82, 2.24) is 4.90 Å². The standard InChI is InChI=1S/C6H9NO6.C4H9.Sn/c8-4(9)1-7(2-5(10)11)3-6(12)13;1-3-4-2;/h1-3H2,(H,8,9)(H,10,11)(H,12,13);1,3-4H2,2H3;/q;;+3/p-3. The zero-order chi connectivity index (χ0) is 13.2. The molecule has 3 rings (SSSR count). The normalized spacial score (nSPS) is 31.8. The predicted molar refractivity (Wildman–Crippen MR) is 60.2 cm³/mol. The van der Waals surface area contributed by atoms with Crippen LogP contribution in [0.15, 0.2) is 0 Å². The Bertz CT molecular complexity index is 334. The average molecular weight is 364 g/mol. The number of carbonyl (C=O) groups excluding carboxylic acids is 3. The molecular formula is C10H15NO6Sn. The number of nitrogens with zero attached hydrogens (tertiary/aromatic N) is 1. The zero-order valence-electron chi connectivity index (χ0n) is 10.1. The van der Waals surface area contributed by atoms with E-state index in [9.17, 15) is 14.4 Å². The van der Waals surface area contributed by atoms with Crippen molar-refractivity contribution in [3.8, 4) is 0 Å². The Morgan fingerprint density at radius 3 is 1.83 bits per heavy atom. The molecule has 3 aliphatic rings. The summed E-state index contributed by atoms with van der Waals surface area (Å²) in [5.74, 6) is -1.41. The second-order valence-corrected chi connectivity index (χ2v) is 11.4. The molecule has 0 radical (unpaired) electrons. The molecule has 0 spiro atoms. The zero-order valence-corrected chi connectivity index (χ0v) is 13.0. The molecule has 2 bridgehead atoms. The first-order valence-corrected chi connectivity index (χ1v) is 11.4. The molecule has 0 aromatic rings. The van der Waals surface area contributed by atoms with Gasteiger partial charge in [0.05, 0.1) is 0 Å². The summed E-state index contributed by atoms with van der Waals surface area (Å²) in [5.41, 5.74) is 0. The van der Waals surface area contributed by atoms with Gasteiger partial charge in [0.2, 0.25) is 0 Å². The Kier molecular flexibility index (Phi) is 4.10. The molecule has 0 N–H and O–H groups in total. The van der Waals surface area contributed by atoms with Crippen LogP contribution in [0.4, 0.5) is 0 Å². The molecule has 3 saturated heterocycles. The summed E-state index contributed by atoms with van der Waals surface area (Å²) in [4.78, 5) is 36.3. The van der Waals surface area contributed by atoms with E-state index in [0.717, 1.165) is 6.42 Å². The van der Waals surface area contributed by atoms with Crippen LogP contribution in [0.3, 0.4) is 0 Å². The average Bonchev–Trinajstić information content (AvgIpc) is 2.21. The molecule has 7 nitrogen and oxygen atoms in total. The predicted octanol–water partition coefficient (Wildman–Crippen LogP) is -0.316. The Morgan fingerprint density at radius 1 is 1.00 bits per heavy atom. The minimum atomic E-state index is -4.36. The van der Waals surface area contributed by atoms with Crippen molar-refractivity contribution in [1.29, 1.82) is 0 Å². The van der Waals surface area contributed by atoms with E-state index in [0.29, 0.717) is 10.9 Å². The molecule has 0 atom stereocenters. The molecule has 0 aromatic heterocycles. The Hall–Kier alpha value is -0.831. The van der Waals surface area contributed by atoms with Gasteiger partial charge in [0.1, 0.15) is 0 Å². The summed E-state index contributed by atoms with van der Waals surface area (Å²) in [6.07, 6.45) is 1.55. The molecule has 3 heterocycles. The molecule has 18 heavy (non-hydrogen) atoms. The van der Waals surface area contributed by atoms with E-state index in [2.05, 4.69) is 0 Å². The molecular weight excluding hydrogens is 349 g/mol. The van der Waals surface area contributed by atoms with Crippen LogP contribution in [0.2, 0.25) is 4.44 Å². The molecule has 0 amide bonds. The SMILES string of the molecule is CCC[CH2][Sn]12[O]C(=O)CN(CC(=O)[O]1)CC(=O)[O]2. The second kappa shape index (κ2) is 5.43. The molecule has 3 aliphatic heterocycles. The van der Waals surface area contributed by atoms with Gasteiger partial charge in [0.25, 0.3) is 0 Å². The number of unbranched alkanes of at least 4 members (excludes halogenated alkanes) is 1. The van der Waals surface area contributed by atoms with Gasteiger partial charge < -0.3 is 0 Å². The van der Waals surface area contributed by atoms with Crippen LogP contribution >= 0.6 is 0 Å². The van der Waals surface area contributed by atoms with Gasteiger partial charge in [-0.15, -0.1) is 0 Å². The molecule has 8 heteroatoms. The summed E-state index contributed by atoms with van der Waals surface area (Å²) >= 11 is -4.36. The second-order valence-electron chi connectivity index (χ2n) is 4.35. The van der Waals surface area contributed by atoms with Gasteiger partial charge in [-0.25, -0.2) is 0 Å². The van der Waals surface area contributed by atoms with Gasteiger partial charge in [0.15, 0.2) is 0 Å². The van der Waals surface area contributed by atoms with E-state index < -0.39 is 37.5 Å². The van der Waals surface area contributed by atoms with Crippen LogP contribution in [0, 0.1) is 0 Å². The summed E-state index contributed by atoms with van der Waals surface area (Å²) in [6.45, 7) is 1.78.